The van der Waals surface area contributed by atoms with Crippen LogP contribution in [0.15, 0.2) is 52.2 Å². The number of nitrogens with zero attached hydrogens (tertiary/aromatic N) is 2. The van der Waals surface area contributed by atoms with Crippen LogP contribution in [0, 0.1) is 0 Å². The predicted molar refractivity (Wildman–Crippen MR) is 118 cm³/mol. The lowest BCUT2D eigenvalue weighted by atomic mass is 9.95. The van der Waals surface area contributed by atoms with Crippen LogP contribution in [0.2, 0.25) is 5.02 Å². The van der Waals surface area contributed by atoms with E-state index in [0.29, 0.717) is 40.9 Å². The summed E-state index contributed by atoms with van der Waals surface area (Å²) in [5.41, 5.74) is 0.241. The number of benzene rings is 1. The van der Waals surface area contributed by atoms with Gasteiger partial charge < -0.3 is 18.5 Å². The monoisotopic (exact) mass is 448 g/mol. The van der Waals surface area contributed by atoms with Crippen molar-refractivity contribution >= 4 is 28.8 Å². The van der Waals surface area contributed by atoms with Crippen molar-refractivity contribution in [2.75, 3.05) is 20.3 Å². The fraction of sp³-hybridized carbons (Fsp3) is 0.364. The third-order valence-electron chi connectivity index (χ3n) is 4.28. The minimum Gasteiger partial charge on any atom is -0.490 e. The molecule has 30 heavy (non-hydrogen) atoms. The number of furan rings is 1. The van der Waals surface area contributed by atoms with Gasteiger partial charge in [0.25, 0.3) is 5.91 Å². The maximum absolute atomic E-state index is 13.1. The van der Waals surface area contributed by atoms with Gasteiger partial charge in [-0.1, -0.05) is 32.4 Å². The van der Waals surface area contributed by atoms with Gasteiger partial charge in [-0.05, 0) is 35.7 Å². The second-order valence-corrected chi connectivity index (χ2v) is 9.18. The third-order valence-corrected chi connectivity index (χ3v) is 5.96. The minimum absolute atomic E-state index is 0.0725. The van der Waals surface area contributed by atoms with Gasteiger partial charge in [0.1, 0.15) is 18.1 Å². The van der Waals surface area contributed by atoms with Gasteiger partial charge in [0, 0.05) is 23.2 Å². The van der Waals surface area contributed by atoms with Crippen LogP contribution in [0.4, 0.5) is 0 Å². The minimum atomic E-state index is -0.416. The first-order chi connectivity index (χ1) is 14.3. The van der Waals surface area contributed by atoms with Gasteiger partial charge in [-0.25, -0.2) is 0 Å². The lowest BCUT2D eigenvalue weighted by Gasteiger charge is -2.14. The quantitative estimate of drug-likeness (QED) is 0.482. The van der Waals surface area contributed by atoms with Crippen molar-refractivity contribution in [1.82, 2.24) is 4.57 Å². The Morgan fingerprint density at radius 1 is 1.27 bits per heavy atom. The van der Waals surface area contributed by atoms with E-state index in [1.54, 1.807) is 31.6 Å². The fourth-order valence-electron chi connectivity index (χ4n) is 2.67. The molecule has 3 aromatic rings. The summed E-state index contributed by atoms with van der Waals surface area (Å²) < 4.78 is 18.1. The summed E-state index contributed by atoms with van der Waals surface area (Å²) >= 11 is 7.61. The number of carbonyl (C=O) groups is 1. The van der Waals surface area contributed by atoms with Crippen LogP contribution in [0.25, 0.3) is 0 Å². The first-order valence-corrected chi connectivity index (χ1v) is 10.7. The summed E-state index contributed by atoms with van der Waals surface area (Å²) in [6, 6.07) is 8.66. The molecule has 0 aliphatic heterocycles. The van der Waals surface area contributed by atoms with Crippen molar-refractivity contribution in [2.45, 2.75) is 32.7 Å². The molecule has 2 heterocycles. The second kappa shape index (κ2) is 9.64. The Labute approximate surface area is 184 Å². The molecule has 0 atom stereocenters. The Balaban J connectivity index is 2.00. The average molecular weight is 449 g/mol. The normalized spacial score (nSPS) is 12.4. The summed E-state index contributed by atoms with van der Waals surface area (Å²) in [5, 5.41) is 0.442. The van der Waals surface area contributed by atoms with E-state index in [1.807, 2.05) is 22.9 Å². The number of thiazole rings is 1. The third kappa shape index (κ3) is 5.62. The van der Waals surface area contributed by atoms with Crippen LogP contribution in [0.3, 0.4) is 0 Å². The maximum Gasteiger partial charge on any atom is 0.283 e. The van der Waals surface area contributed by atoms with Crippen molar-refractivity contribution in [2.24, 2.45) is 4.99 Å². The molecule has 0 N–H and O–H groups in total. The van der Waals surface area contributed by atoms with E-state index in [-0.39, 0.29) is 5.41 Å². The maximum atomic E-state index is 13.1. The molecule has 0 spiro atoms. The Morgan fingerprint density at radius 3 is 2.73 bits per heavy atom. The molecule has 1 aromatic carbocycles. The zero-order valence-corrected chi connectivity index (χ0v) is 19.0. The molecule has 0 aliphatic rings. The van der Waals surface area contributed by atoms with Gasteiger partial charge >= 0.3 is 0 Å². The molecule has 6 nitrogen and oxygen atoms in total. The number of hydrogen-bond donors (Lipinski definition) is 0. The standard InChI is InChI=1S/C22H25ClN2O4S/c1-22(2,3)19-14-25(13-16-6-5-9-28-16)21(30-19)24-20(26)17-12-15(23)7-8-18(17)29-11-10-27-4/h5-9,12,14H,10-11,13H2,1-4H3. The predicted octanol–water partition coefficient (Wildman–Crippen LogP) is 4.91. The number of carbonyl (C=O) groups excluding carboxylic acids is 1. The summed E-state index contributed by atoms with van der Waals surface area (Å²) in [6.07, 6.45) is 3.65. The van der Waals surface area contributed by atoms with Gasteiger partial charge in [-0.2, -0.15) is 4.99 Å². The molecule has 0 saturated heterocycles. The lowest BCUT2D eigenvalue weighted by molar-refractivity contribution is 0.0989. The van der Waals surface area contributed by atoms with Crippen LogP contribution < -0.4 is 9.54 Å². The van der Waals surface area contributed by atoms with Gasteiger partial charge in [0.15, 0.2) is 4.80 Å². The Bertz CT molecular complexity index is 1060. The first kappa shape index (κ1) is 22.3. The number of aromatic nitrogens is 1. The number of ether oxygens (including phenoxy) is 2. The van der Waals surface area contributed by atoms with Gasteiger partial charge in [-0.3, -0.25) is 4.79 Å². The average Bonchev–Trinajstić information content (AvgIpc) is 3.33. The molecule has 0 saturated carbocycles. The molecular formula is C22H25ClN2O4S. The first-order valence-electron chi connectivity index (χ1n) is 9.51. The molecule has 0 radical (unpaired) electrons. The zero-order chi connectivity index (χ0) is 21.7. The molecule has 0 bridgehead atoms. The largest absolute Gasteiger partial charge is 0.490 e. The molecule has 3 rings (SSSR count). The number of halogens is 1. The van der Waals surface area contributed by atoms with Gasteiger partial charge in [0.2, 0.25) is 0 Å². The van der Waals surface area contributed by atoms with Crippen LogP contribution in [-0.2, 0) is 16.7 Å². The highest BCUT2D eigenvalue weighted by Gasteiger charge is 2.19. The molecule has 0 aliphatic carbocycles. The molecule has 0 fully saturated rings. The molecular weight excluding hydrogens is 424 g/mol. The highest BCUT2D eigenvalue weighted by atomic mass is 35.5. The SMILES string of the molecule is COCCOc1ccc(Cl)cc1C(=O)N=c1sc(C(C)(C)C)cn1Cc1ccco1. The van der Waals surface area contributed by atoms with Gasteiger partial charge in [0.05, 0.1) is 25.0 Å². The molecule has 8 heteroatoms. The number of rotatable bonds is 7. The molecule has 0 unspecified atom stereocenters. The zero-order valence-electron chi connectivity index (χ0n) is 17.5. The number of methoxy groups -OCH3 is 1. The van der Waals surface area contributed by atoms with Crippen molar-refractivity contribution in [3.05, 3.63) is 68.8 Å². The number of amides is 1. The topological polar surface area (TPSA) is 66.0 Å². The fourth-order valence-corrected chi connectivity index (χ4v) is 3.89. The van der Waals surface area contributed by atoms with Gasteiger partial charge in [-0.15, -0.1) is 11.3 Å². The van der Waals surface area contributed by atoms with E-state index in [4.69, 9.17) is 25.5 Å². The van der Waals surface area contributed by atoms with E-state index >= 15 is 0 Å². The van der Waals surface area contributed by atoms with Crippen molar-refractivity contribution in [3.63, 3.8) is 0 Å². The Kier molecular flexibility index (Phi) is 7.18. The summed E-state index contributed by atoms with van der Waals surface area (Å²) in [6.45, 7) is 7.60. The van der Waals surface area contributed by atoms with Crippen molar-refractivity contribution in [3.8, 4) is 5.75 Å². The number of hydrogen-bond acceptors (Lipinski definition) is 5. The van der Waals surface area contributed by atoms with Crippen LogP contribution in [0.1, 0.15) is 41.8 Å². The molecule has 1 amide bonds. The van der Waals surface area contributed by atoms with E-state index in [0.717, 1.165) is 10.6 Å². The van der Waals surface area contributed by atoms with E-state index < -0.39 is 5.91 Å². The lowest BCUT2D eigenvalue weighted by Crippen LogP contribution is -2.17. The summed E-state index contributed by atoms with van der Waals surface area (Å²) in [5.74, 6) is 0.796. The van der Waals surface area contributed by atoms with Crippen molar-refractivity contribution in [1.29, 1.82) is 0 Å². The van der Waals surface area contributed by atoms with Crippen LogP contribution >= 0.6 is 22.9 Å². The van der Waals surface area contributed by atoms with E-state index in [2.05, 4.69) is 25.8 Å². The molecule has 160 valence electrons. The summed E-state index contributed by atoms with van der Waals surface area (Å²) in [7, 11) is 1.59. The Morgan fingerprint density at radius 2 is 2.07 bits per heavy atom. The van der Waals surface area contributed by atoms with E-state index in [1.165, 1.54) is 11.3 Å². The van der Waals surface area contributed by atoms with Crippen LogP contribution in [0.5, 0.6) is 5.75 Å². The Hall–Kier alpha value is -2.35. The van der Waals surface area contributed by atoms with Crippen LogP contribution in [-0.4, -0.2) is 30.8 Å². The highest BCUT2D eigenvalue weighted by Crippen LogP contribution is 2.26. The second-order valence-electron chi connectivity index (χ2n) is 7.73. The summed E-state index contributed by atoms with van der Waals surface area (Å²) in [4.78, 5) is 19.2. The van der Waals surface area contributed by atoms with E-state index in [9.17, 15) is 4.79 Å². The smallest absolute Gasteiger partial charge is 0.283 e. The van der Waals surface area contributed by atoms with Crippen molar-refractivity contribution < 1.29 is 18.7 Å². The highest BCUT2D eigenvalue weighted by molar-refractivity contribution is 7.09. The molecule has 2 aromatic heterocycles.